The highest BCUT2D eigenvalue weighted by Gasteiger charge is 2.39. The van der Waals surface area contributed by atoms with E-state index in [0.29, 0.717) is 23.9 Å². The van der Waals surface area contributed by atoms with E-state index in [9.17, 15) is 9.59 Å². The highest BCUT2D eigenvalue weighted by atomic mass is 16.3. The molecule has 5 rings (SSSR count). The summed E-state index contributed by atoms with van der Waals surface area (Å²) >= 11 is 0. The van der Waals surface area contributed by atoms with Crippen molar-refractivity contribution in [2.24, 2.45) is 17.8 Å². The molecule has 3 atom stereocenters. The normalized spacial score (nSPS) is 25.5. The molecule has 3 unspecified atom stereocenters. The Hall–Kier alpha value is -2.82. The number of furan rings is 1. The lowest BCUT2D eigenvalue weighted by atomic mass is 9.92. The van der Waals surface area contributed by atoms with Gasteiger partial charge in [-0.2, -0.15) is 0 Å². The molecule has 2 aliphatic carbocycles. The molecule has 1 aromatic heterocycles. The van der Waals surface area contributed by atoms with Crippen molar-refractivity contribution in [3.8, 4) is 0 Å². The summed E-state index contributed by atoms with van der Waals surface area (Å²) in [4.78, 5) is 27.0. The quantitative estimate of drug-likeness (QED) is 0.862. The van der Waals surface area contributed by atoms with Crippen LogP contribution < -0.4 is 10.2 Å². The van der Waals surface area contributed by atoms with E-state index in [2.05, 4.69) is 17.5 Å². The van der Waals surface area contributed by atoms with Crippen LogP contribution in [-0.4, -0.2) is 18.4 Å². The molecule has 1 N–H and O–H groups in total. The van der Waals surface area contributed by atoms with Crippen LogP contribution in [-0.2, 0) is 11.2 Å². The Balaban J connectivity index is 1.32. The number of benzene rings is 1. The molecule has 5 nitrogen and oxygen atoms in total. The molecule has 0 radical (unpaired) electrons. The Morgan fingerprint density at radius 3 is 2.81 bits per heavy atom. The van der Waals surface area contributed by atoms with Gasteiger partial charge in [0.05, 0.1) is 11.8 Å². The molecule has 5 heteroatoms. The summed E-state index contributed by atoms with van der Waals surface area (Å²) in [6.07, 6.45) is 10.3. The molecular weight excluding hydrogens is 328 g/mol. The van der Waals surface area contributed by atoms with Gasteiger partial charge in [-0.1, -0.05) is 12.2 Å². The first-order chi connectivity index (χ1) is 12.7. The van der Waals surface area contributed by atoms with Gasteiger partial charge in [-0.25, -0.2) is 0 Å². The Bertz CT molecular complexity index is 900. The summed E-state index contributed by atoms with van der Waals surface area (Å²) in [6.45, 7) is 0.647. The fraction of sp³-hybridized carbons (Fsp3) is 0.333. The molecule has 2 bridgehead atoms. The molecule has 0 saturated heterocycles. The third-order valence-corrected chi connectivity index (χ3v) is 5.87. The average Bonchev–Trinajstić information content (AvgIpc) is 3.44. The fourth-order valence-electron chi connectivity index (χ4n) is 4.55. The second-order valence-corrected chi connectivity index (χ2v) is 7.44. The first-order valence-electron chi connectivity index (χ1n) is 9.15. The Kier molecular flexibility index (Phi) is 3.48. The number of hydrogen-bond acceptors (Lipinski definition) is 3. The van der Waals surface area contributed by atoms with Crippen molar-refractivity contribution in [2.45, 2.75) is 19.3 Å². The number of anilines is 2. The zero-order valence-electron chi connectivity index (χ0n) is 14.4. The standard InChI is InChI=1S/C21H20N2O3/c24-20(18-10-13-1-2-14(18)9-13)22-17-3-4-19-15(11-17)5-7-23(19)21(25)16-6-8-26-12-16/h1-4,6,8,11-14,18H,5,7,9-10H2,(H,22,24). The van der Waals surface area contributed by atoms with Crippen molar-refractivity contribution in [3.05, 3.63) is 60.1 Å². The molecule has 2 heterocycles. The van der Waals surface area contributed by atoms with Gasteiger partial charge in [0.1, 0.15) is 6.26 Å². The van der Waals surface area contributed by atoms with Crippen LogP contribution in [0.4, 0.5) is 11.4 Å². The minimum atomic E-state index is -0.0527. The van der Waals surface area contributed by atoms with Crippen molar-refractivity contribution < 1.29 is 14.0 Å². The van der Waals surface area contributed by atoms with Gasteiger partial charge in [0.25, 0.3) is 5.91 Å². The van der Waals surface area contributed by atoms with Gasteiger partial charge in [0.2, 0.25) is 5.91 Å². The Morgan fingerprint density at radius 2 is 2.08 bits per heavy atom. The van der Waals surface area contributed by atoms with Crippen molar-refractivity contribution in [2.75, 3.05) is 16.8 Å². The summed E-state index contributed by atoms with van der Waals surface area (Å²) < 4.78 is 5.02. The lowest BCUT2D eigenvalue weighted by molar-refractivity contribution is -0.120. The molecule has 132 valence electrons. The minimum absolute atomic E-state index is 0.0527. The molecule has 2 amide bonds. The number of hydrogen-bond donors (Lipinski definition) is 1. The van der Waals surface area contributed by atoms with Gasteiger partial charge in [-0.3, -0.25) is 9.59 Å². The lowest BCUT2D eigenvalue weighted by Gasteiger charge is -2.19. The zero-order chi connectivity index (χ0) is 17.7. The first-order valence-corrected chi connectivity index (χ1v) is 9.15. The van der Waals surface area contributed by atoms with E-state index in [1.54, 1.807) is 11.0 Å². The van der Waals surface area contributed by atoms with Crippen LogP contribution in [0.2, 0.25) is 0 Å². The van der Waals surface area contributed by atoms with Gasteiger partial charge in [0, 0.05) is 23.8 Å². The van der Waals surface area contributed by atoms with Gasteiger partial charge in [-0.05, 0) is 60.9 Å². The molecule has 1 aromatic carbocycles. The van der Waals surface area contributed by atoms with E-state index >= 15 is 0 Å². The second kappa shape index (κ2) is 5.87. The molecular formula is C21H20N2O3. The van der Waals surface area contributed by atoms with Crippen molar-refractivity contribution in [1.82, 2.24) is 0 Å². The molecule has 2 aromatic rings. The van der Waals surface area contributed by atoms with Crippen LogP contribution in [0, 0.1) is 17.8 Å². The van der Waals surface area contributed by atoms with E-state index in [-0.39, 0.29) is 17.7 Å². The first kappa shape index (κ1) is 15.4. The monoisotopic (exact) mass is 348 g/mol. The van der Waals surface area contributed by atoms with E-state index in [0.717, 1.165) is 36.2 Å². The predicted octanol–water partition coefficient (Wildman–Crippen LogP) is 3.63. The maximum Gasteiger partial charge on any atom is 0.261 e. The smallest absolute Gasteiger partial charge is 0.261 e. The fourth-order valence-corrected chi connectivity index (χ4v) is 4.55. The SMILES string of the molecule is O=C(Nc1ccc2c(c1)CCN2C(=O)c1ccoc1)C1CC2C=CC1C2. The second-order valence-electron chi connectivity index (χ2n) is 7.44. The molecule has 1 saturated carbocycles. The summed E-state index contributed by atoms with van der Waals surface area (Å²) in [6, 6.07) is 7.50. The number of amides is 2. The van der Waals surface area contributed by atoms with Gasteiger partial charge < -0.3 is 14.6 Å². The number of rotatable bonds is 3. The summed E-state index contributed by atoms with van der Waals surface area (Å²) in [5.41, 5.74) is 3.38. The van der Waals surface area contributed by atoms with Crippen LogP contribution in [0.15, 0.2) is 53.4 Å². The number of carbonyl (C=O) groups excluding carboxylic acids is 2. The van der Waals surface area contributed by atoms with Gasteiger partial charge >= 0.3 is 0 Å². The number of nitrogens with zero attached hydrogens (tertiary/aromatic N) is 1. The van der Waals surface area contributed by atoms with Crippen molar-refractivity contribution in [1.29, 1.82) is 0 Å². The van der Waals surface area contributed by atoms with Gasteiger partial charge in [0.15, 0.2) is 0 Å². The maximum atomic E-state index is 12.6. The Morgan fingerprint density at radius 1 is 1.15 bits per heavy atom. The maximum absolute atomic E-state index is 12.6. The summed E-state index contributed by atoms with van der Waals surface area (Å²) in [7, 11) is 0. The summed E-state index contributed by atoms with van der Waals surface area (Å²) in [5, 5.41) is 3.08. The van der Waals surface area contributed by atoms with Crippen molar-refractivity contribution in [3.63, 3.8) is 0 Å². The third kappa shape index (κ3) is 2.46. The number of nitrogens with one attached hydrogen (secondary N) is 1. The predicted molar refractivity (Wildman–Crippen MR) is 98.0 cm³/mol. The van der Waals surface area contributed by atoms with Crippen LogP contribution in [0.3, 0.4) is 0 Å². The van der Waals surface area contributed by atoms with Crippen molar-refractivity contribution >= 4 is 23.2 Å². The van der Waals surface area contributed by atoms with Crippen LogP contribution in [0.25, 0.3) is 0 Å². The van der Waals surface area contributed by atoms with Crippen LogP contribution in [0.5, 0.6) is 0 Å². The minimum Gasteiger partial charge on any atom is -0.472 e. The van der Waals surface area contributed by atoms with E-state index in [1.165, 1.54) is 12.5 Å². The van der Waals surface area contributed by atoms with E-state index in [4.69, 9.17) is 4.42 Å². The number of carbonyl (C=O) groups is 2. The van der Waals surface area contributed by atoms with Gasteiger partial charge in [-0.15, -0.1) is 0 Å². The molecule has 1 aliphatic heterocycles. The van der Waals surface area contributed by atoms with E-state index < -0.39 is 0 Å². The van der Waals surface area contributed by atoms with Crippen LogP contribution in [0.1, 0.15) is 28.8 Å². The number of allylic oxidation sites excluding steroid dienone is 2. The topological polar surface area (TPSA) is 62.6 Å². The highest BCUT2D eigenvalue weighted by Crippen LogP contribution is 2.44. The van der Waals surface area contributed by atoms with E-state index in [1.807, 2.05) is 18.2 Å². The zero-order valence-corrected chi connectivity index (χ0v) is 14.4. The highest BCUT2D eigenvalue weighted by molar-refractivity contribution is 6.07. The molecule has 0 spiro atoms. The Labute approximate surface area is 151 Å². The molecule has 3 aliphatic rings. The lowest BCUT2D eigenvalue weighted by Crippen LogP contribution is -2.28. The molecule has 1 fully saturated rings. The summed E-state index contributed by atoms with van der Waals surface area (Å²) in [5.74, 6) is 1.14. The largest absolute Gasteiger partial charge is 0.472 e. The third-order valence-electron chi connectivity index (χ3n) is 5.87. The average molecular weight is 348 g/mol. The molecule has 26 heavy (non-hydrogen) atoms. The van der Waals surface area contributed by atoms with Crippen LogP contribution >= 0.6 is 0 Å². The number of fused-ring (bicyclic) bond motifs is 3.